The molecule has 0 spiro atoms. The van der Waals surface area contributed by atoms with Crippen LogP contribution in [0.4, 0.5) is 5.69 Å². The van der Waals surface area contributed by atoms with Crippen molar-refractivity contribution in [2.24, 2.45) is 5.92 Å². The maximum Gasteiger partial charge on any atom is 0.338 e. The smallest absolute Gasteiger partial charge is 0.338 e. The van der Waals surface area contributed by atoms with Gasteiger partial charge in [0.05, 0.1) is 12.7 Å². The highest BCUT2D eigenvalue weighted by Crippen LogP contribution is 2.21. The van der Waals surface area contributed by atoms with Crippen molar-refractivity contribution in [3.05, 3.63) is 29.8 Å². The number of methoxy groups -OCH3 is 1. The molecular weight excluding hydrogens is 364 g/mol. The lowest BCUT2D eigenvalue weighted by Crippen LogP contribution is -2.47. The fourth-order valence-electron chi connectivity index (χ4n) is 2.92. The molecule has 1 saturated heterocycles. The van der Waals surface area contributed by atoms with Gasteiger partial charge in [-0.3, -0.25) is 9.59 Å². The van der Waals surface area contributed by atoms with Crippen molar-refractivity contribution in [2.75, 3.05) is 25.2 Å². The fourth-order valence-corrected chi connectivity index (χ4v) is 2.92. The lowest BCUT2D eigenvalue weighted by atomic mass is 9.99. The Labute approximate surface area is 164 Å². The molecular formula is C20H26N2O6. The predicted octanol–water partition coefficient (Wildman–Crippen LogP) is 1.67. The van der Waals surface area contributed by atoms with Crippen molar-refractivity contribution in [1.29, 1.82) is 0 Å². The van der Waals surface area contributed by atoms with E-state index in [1.165, 1.54) is 7.11 Å². The van der Waals surface area contributed by atoms with Crippen LogP contribution >= 0.6 is 0 Å². The second-order valence-electron chi connectivity index (χ2n) is 6.73. The van der Waals surface area contributed by atoms with Crippen molar-refractivity contribution in [3.63, 3.8) is 0 Å². The van der Waals surface area contributed by atoms with Crippen LogP contribution in [0.5, 0.6) is 0 Å². The third kappa shape index (κ3) is 5.31. The Morgan fingerprint density at radius 3 is 2.43 bits per heavy atom. The number of esters is 2. The Morgan fingerprint density at radius 2 is 1.89 bits per heavy atom. The van der Waals surface area contributed by atoms with Gasteiger partial charge in [0.25, 0.3) is 5.91 Å². The van der Waals surface area contributed by atoms with Crippen molar-refractivity contribution in [3.8, 4) is 0 Å². The first-order valence-electron chi connectivity index (χ1n) is 9.32. The lowest BCUT2D eigenvalue weighted by Gasteiger charge is -2.21. The molecule has 2 atom stereocenters. The van der Waals surface area contributed by atoms with Gasteiger partial charge in [0, 0.05) is 18.7 Å². The summed E-state index contributed by atoms with van der Waals surface area (Å²) in [4.78, 5) is 49.4. The van der Waals surface area contributed by atoms with Crippen LogP contribution in [0, 0.1) is 5.92 Å². The summed E-state index contributed by atoms with van der Waals surface area (Å²) >= 11 is 0. The SMILES string of the molecule is CC[C@@H](C)[C@H](NC(=O)COC(=O)c1ccc(N2CCCC2=O)cc1)C(=O)OC. The largest absolute Gasteiger partial charge is 0.467 e. The van der Waals surface area contributed by atoms with Gasteiger partial charge in [-0.25, -0.2) is 9.59 Å². The number of hydrogen-bond acceptors (Lipinski definition) is 6. The Bertz CT molecular complexity index is 731. The zero-order valence-corrected chi connectivity index (χ0v) is 16.4. The average molecular weight is 390 g/mol. The molecule has 1 aliphatic heterocycles. The van der Waals surface area contributed by atoms with Gasteiger partial charge in [0.2, 0.25) is 5.91 Å². The molecule has 0 aromatic heterocycles. The van der Waals surface area contributed by atoms with Crippen molar-refractivity contribution < 1.29 is 28.7 Å². The van der Waals surface area contributed by atoms with Crippen LogP contribution in [0.15, 0.2) is 24.3 Å². The zero-order chi connectivity index (χ0) is 20.7. The maximum atomic E-state index is 12.1. The summed E-state index contributed by atoms with van der Waals surface area (Å²) in [5.41, 5.74) is 1.00. The number of amides is 2. The molecule has 1 N–H and O–H groups in total. The summed E-state index contributed by atoms with van der Waals surface area (Å²) in [6, 6.07) is 5.67. The van der Waals surface area contributed by atoms with Crippen molar-refractivity contribution >= 4 is 29.4 Å². The Morgan fingerprint density at radius 1 is 1.21 bits per heavy atom. The van der Waals surface area contributed by atoms with Gasteiger partial charge in [0.1, 0.15) is 6.04 Å². The standard InChI is InChI=1S/C20H26N2O6/c1-4-13(2)18(20(26)27-3)21-16(23)12-28-19(25)14-7-9-15(10-8-14)22-11-5-6-17(22)24/h7-10,13,18H,4-6,11-12H2,1-3H3,(H,21,23)/t13-,18+/m1/s1. The van der Waals surface area contributed by atoms with Gasteiger partial charge in [-0.15, -0.1) is 0 Å². The molecule has 8 heteroatoms. The van der Waals surface area contributed by atoms with Crippen LogP contribution in [0.2, 0.25) is 0 Å². The Balaban J connectivity index is 1.89. The topological polar surface area (TPSA) is 102 Å². The third-order valence-corrected chi connectivity index (χ3v) is 4.81. The number of hydrogen-bond donors (Lipinski definition) is 1. The first-order chi connectivity index (χ1) is 13.4. The van der Waals surface area contributed by atoms with Crippen LogP contribution in [0.3, 0.4) is 0 Å². The van der Waals surface area contributed by atoms with E-state index in [0.717, 1.165) is 12.1 Å². The predicted molar refractivity (Wildman–Crippen MR) is 102 cm³/mol. The first kappa shape index (κ1) is 21.4. The summed E-state index contributed by atoms with van der Waals surface area (Å²) in [7, 11) is 1.25. The highest BCUT2D eigenvalue weighted by atomic mass is 16.5. The van der Waals surface area contributed by atoms with Crippen LogP contribution < -0.4 is 10.2 Å². The van der Waals surface area contributed by atoms with Gasteiger partial charge in [-0.05, 0) is 36.6 Å². The zero-order valence-electron chi connectivity index (χ0n) is 16.4. The number of carbonyl (C=O) groups is 4. The van der Waals surface area contributed by atoms with E-state index in [1.807, 2.05) is 13.8 Å². The number of benzene rings is 1. The first-order valence-corrected chi connectivity index (χ1v) is 9.32. The van der Waals surface area contributed by atoms with E-state index in [4.69, 9.17) is 9.47 Å². The lowest BCUT2D eigenvalue weighted by molar-refractivity contribution is -0.147. The van der Waals surface area contributed by atoms with E-state index in [9.17, 15) is 19.2 Å². The van der Waals surface area contributed by atoms with Crippen molar-refractivity contribution in [2.45, 2.75) is 39.2 Å². The van der Waals surface area contributed by atoms with Crippen LogP contribution in [0.1, 0.15) is 43.5 Å². The molecule has 1 heterocycles. The molecule has 0 aliphatic carbocycles. The second kappa shape index (κ2) is 9.87. The van der Waals surface area contributed by atoms with E-state index < -0.39 is 30.5 Å². The van der Waals surface area contributed by atoms with Gasteiger partial charge in [0.15, 0.2) is 6.61 Å². The quantitative estimate of drug-likeness (QED) is 0.678. The molecule has 0 radical (unpaired) electrons. The fraction of sp³-hybridized carbons (Fsp3) is 0.500. The molecule has 152 valence electrons. The number of nitrogens with zero attached hydrogens (tertiary/aromatic N) is 1. The third-order valence-electron chi connectivity index (χ3n) is 4.81. The van der Waals surface area contributed by atoms with E-state index in [0.29, 0.717) is 19.4 Å². The minimum atomic E-state index is -0.793. The normalized spacial score (nSPS) is 15.7. The molecule has 1 aliphatic rings. The molecule has 28 heavy (non-hydrogen) atoms. The Hall–Kier alpha value is -2.90. The number of rotatable bonds is 8. The average Bonchev–Trinajstić information content (AvgIpc) is 3.15. The molecule has 0 saturated carbocycles. The highest BCUT2D eigenvalue weighted by molar-refractivity contribution is 5.96. The van der Waals surface area contributed by atoms with Crippen LogP contribution in [0.25, 0.3) is 0 Å². The van der Waals surface area contributed by atoms with Crippen LogP contribution in [-0.2, 0) is 23.9 Å². The minimum absolute atomic E-state index is 0.0634. The highest BCUT2D eigenvalue weighted by Gasteiger charge is 2.27. The number of carbonyl (C=O) groups excluding carboxylic acids is 4. The number of ether oxygens (including phenoxy) is 2. The summed E-state index contributed by atoms with van der Waals surface area (Å²) in [6.07, 6.45) is 2.02. The van der Waals surface area contributed by atoms with Crippen LogP contribution in [-0.4, -0.2) is 50.1 Å². The maximum absolute atomic E-state index is 12.1. The molecule has 1 aromatic carbocycles. The summed E-state index contributed by atoms with van der Waals surface area (Å²) in [5, 5.41) is 2.54. The van der Waals surface area contributed by atoms with E-state index in [1.54, 1.807) is 29.2 Å². The molecule has 0 unspecified atom stereocenters. The van der Waals surface area contributed by atoms with E-state index in [2.05, 4.69) is 5.32 Å². The second-order valence-corrected chi connectivity index (χ2v) is 6.73. The van der Waals surface area contributed by atoms with Gasteiger partial charge < -0.3 is 19.7 Å². The Kier molecular flexibility index (Phi) is 7.54. The van der Waals surface area contributed by atoms with E-state index >= 15 is 0 Å². The summed E-state index contributed by atoms with van der Waals surface area (Å²) < 4.78 is 9.72. The van der Waals surface area contributed by atoms with Crippen molar-refractivity contribution in [1.82, 2.24) is 5.32 Å². The molecule has 0 bridgehead atoms. The minimum Gasteiger partial charge on any atom is -0.467 e. The van der Waals surface area contributed by atoms with E-state index in [-0.39, 0.29) is 17.4 Å². The summed E-state index contributed by atoms with van der Waals surface area (Å²) in [5.74, 6) is -1.83. The van der Waals surface area contributed by atoms with Gasteiger partial charge in [-0.2, -0.15) is 0 Å². The molecule has 1 aromatic rings. The monoisotopic (exact) mass is 390 g/mol. The van der Waals surface area contributed by atoms with Gasteiger partial charge >= 0.3 is 11.9 Å². The summed E-state index contributed by atoms with van der Waals surface area (Å²) in [6.45, 7) is 3.88. The number of nitrogens with one attached hydrogen (secondary N) is 1. The van der Waals surface area contributed by atoms with Gasteiger partial charge in [-0.1, -0.05) is 20.3 Å². The molecule has 8 nitrogen and oxygen atoms in total. The molecule has 2 rings (SSSR count). The molecule has 1 fully saturated rings. The molecule has 2 amide bonds. The number of anilines is 1.